The van der Waals surface area contributed by atoms with Crippen LogP contribution in [-0.4, -0.2) is 63.3 Å². The monoisotopic (exact) mass is 329 g/mol. The fourth-order valence-corrected chi connectivity index (χ4v) is 3.34. The zero-order valence-electron chi connectivity index (χ0n) is 13.5. The van der Waals surface area contributed by atoms with Crippen LogP contribution < -0.4 is 5.32 Å². The van der Waals surface area contributed by atoms with Gasteiger partial charge in [0.15, 0.2) is 0 Å². The molecule has 8 nitrogen and oxygen atoms in total. The molecule has 0 aromatic carbocycles. The largest absolute Gasteiger partial charge is 0.363 e. The molecule has 2 fully saturated rings. The predicted octanol–water partition coefficient (Wildman–Crippen LogP) is 0.0895. The Morgan fingerprint density at radius 2 is 2.12 bits per heavy atom. The van der Waals surface area contributed by atoms with Crippen molar-refractivity contribution in [3.05, 3.63) is 24.0 Å². The number of carbonyl (C=O) groups is 2. The Kier molecular flexibility index (Phi) is 3.49. The molecule has 8 heteroatoms. The van der Waals surface area contributed by atoms with Crippen molar-refractivity contribution in [3.8, 4) is 0 Å². The molecule has 1 N–H and O–H groups in total. The minimum absolute atomic E-state index is 0.0275. The average Bonchev–Trinajstić information content (AvgIpc) is 2.98. The van der Waals surface area contributed by atoms with Gasteiger partial charge in [0.05, 0.1) is 22.9 Å². The molecule has 2 saturated heterocycles. The van der Waals surface area contributed by atoms with Gasteiger partial charge in [0.25, 0.3) is 5.91 Å². The van der Waals surface area contributed by atoms with Crippen LogP contribution in [0.1, 0.15) is 23.2 Å². The maximum Gasteiger partial charge on any atom is 0.255 e. The first-order chi connectivity index (χ1) is 11.6. The lowest BCUT2D eigenvalue weighted by molar-refractivity contribution is -0.149. The SMILES string of the molecule is Cn1ncc2ncc(C(=O)N3CCC4(CC3)CNC(=O)CO4)cc21. The summed E-state index contributed by atoms with van der Waals surface area (Å²) in [6.45, 7) is 1.85. The molecule has 2 aromatic heterocycles. The van der Waals surface area contributed by atoms with Crippen LogP contribution in [0, 0.1) is 0 Å². The number of hydrogen-bond donors (Lipinski definition) is 1. The summed E-state index contributed by atoms with van der Waals surface area (Å²) < 4.78 is 7.45. The number of aromatic nitrogens is 3. The lowest BCUT2D eigenvalue weighted by Crippen LogP contribution is -2.58. The molecule has 24 heavy (non-hydrogen) atoms. The molecule has 4 rings (SSSR count). The average molecular weight is 329 g/mol. The molecular weight excluding hydrogens is 310 g/mol. The van der Waals surface area contributed by atoms with E-state index in [4.69, 9.17) is 4.74 Å². The van der Waals surface area contributed by atoms with Crippen molar-refractivity contribution in [1.82, 2.24) is 25.0 Å². The molecule has 1 spiro atoms. The minimum atomic E-state index is -0.324. The molecular formula is C16H19N5O3. The van der Waals surface area contributed by atoms with Gasteiger partial charge in [-0.25, -0.2) is 0 Å². The highest BCUT2D eigenvalue weighted by molar-refractivity contribution is 5.96. The van der Waals surface area contributed by atoms with E-state index in [2.05, 4.69) is 15.4 Å². The van der Waals surface area contributed by atoms with Gasteiger partial charge in [-0.15, -0.1) is 0 Å². The van der Waals surface area contributed by atoms with Crippen LogP contribution in [0.25, 0.3) is 11.0 Å². The lowest BCUT2D eigenvalue weighted by atomic mass is 9.89. The number of aryl methyl sites for hydroxylation is 1. The lowest BCUT2D eigenvalue weighted by Gasteiger charge is -2.43. The topological polar surface area (TPSA) is 89.4 Å². The number of rotatable bonds is 1. The van der Waals surface area contributed by atoms with E-state index in [1.54, 1.807) is 17.1 Å². The second-order valence-electron chi connectivity index (χ2n) is 6.44. The third kappa shape index (κ3) is 2.52. The number of hydrogen-bond acceptors (Lipinski definition) is 5. The van der Waals surface area contributed by atoms with E-state index < -0.39 is 0 Å². The Balaban J connectivity index is 1.47. The van der Waals surface area contributed by atoms with Crippen molar-refractivity contribution in [2.75, 3.05) is 26.2 Å². The number of carbonyl (C=O) groups excluding carboxylic acids is 2. The molecule has 0 atom stereocenters. The van der Waals surface area contributed by atoms with Crippen molar-refractivity contribution in [1.29, 1.82) is 0 Å². The maximum absolute atomic E-state index is 12.7. The summed E-state index contributed by atoms with van der Waals surface area (Å²) in [6.07, 6.45) is 4.73. The first-order valence-electron chi connectivity index (χ1n) is 8.04. The molecule has 0 aliphatic carbocycles. The van der Waals surface area contributed by atoms with Crippen molar-refractivity contribution in [2.45, 2.75) is 18.4 Å². The Morgan fingerprint density at radius 1 is 1.33 bits per heavy atom. The van der Waals surface area contributed by atoms with E-state index in [0.717, 1.165) is 23.9 Å². The van der Waals surface area contributed by atoms with Crippen molar-refractivity contribution < 1.29 is 14.3 Å². The summed E-state index contributed by atoms with van der Waals surface area (Å²) in [5.41, 5.74) is 1.86. The number of likely N-dealkylation sites (tertiary alicyclic amines) is 1. The summed E-state index contributed by atoms with van der Waals surface area (Å²) in [5.74, 6) is -0.102. The maximum atomic E-state index is 12.7. The van der Waals surface area contributed by atoms with E-state index in [-0.39, 0.29) is 24.0 Å². The number of morpholine rings is 1. The molecule has 0 radical (unpaired) electrons. The molecule has 4 heterocycles. The summed E-state index contributed by atoms with van der Waals surface area (Å²) in [4.78, 5) is 30.1. The predicted molar refractivity (Wildman–Crippen MR) is 85.3 cm³/mol. The molecule has 2 aliphatic rings. The van der Waals surface area contributed by atoms with Crippen LogP contribution >= 0.6 is 0 Å². The quantitative estimate of drug-likeness (QED) is 0.801. The summed E-state index contributed by atoms with van der Waals surface area (Å²) in [7, 11) is 1.83. The van der Waals surface area contributed by atoms with Gasteiger partial charge in [-0.05, 0) is 18.9 Å². The van der Waals surface area contributed by atoms with Crippen molar-refractivity contribution >= 4 is 22.8 Å². The number of pyridine rings is 1. The Hall–Kier alpha value is -2.48. The second kappa shape index (κ2) is 5.55. The molecule has 0 unspecified atom stereocenters. The summed E-state index contributed by atoms with van der Waals surface area (Å²) >= 11 is 0. The highest BCUT2D eigenvalue weighted by atomic mass is 16.5. The number of fused-ring (bicyclic) bond motifs is 1. The molecule has 2 aromatic rings. The van der Waals surface area contributed by atoms with E-state index in [1.165, 1.54) is 0 Å². The minimum Gasteiger partial charge on any atom is -0.363 e. The van der Waals surface area contributed by atoms with Crippen LogP contribution in [0.2, 0.25) is 0 Å². The van der Waals surface area contributed by atoms with Crippen LogP contribution in [0.4, 0.5) is 0 Å². The zero-order valence-corrected chi connectivity index (χ0v) is 13.5. The highest BCUT2D eigenvalue weighted by Crippen LogP contribution is 2.28. The smallest absolute Gasteiger partial charge is 0.255 e. The van der Waals surface area contributed by atoms with Gasteiger partial charge in [0.1, 0.15) is 12.1 Å². The molecule has 0 bridgehead atoms. The van der Waals surface area contributed by atoms with E-state index in [0.29, 0.717) is 25.2 Å². The number of nitrogens with zero attached hydrogens (tertiary/aromatic N) is 4. The summed E-state index contributed by atoms with van der Waals surface area (Å²) in [5, 5.41) is 7.00. The number of nitrogens with one attached hydrogen (secondary N) is 1. The van der Waals surface area contributed by atoms with Crippen LogP contribution in [0.3, 0.4) is 0 Å². The third-order valence-electron chi connectivity index (χ3n) is 4.93. The summed E-state index contributed by atoms with van der Waals surface area (Å²) in [6, 6.07) is 1.83. The van der Waals surface area contributed by atoms with Gasteiger partial charge >= 0.3 is 0 Å². The van der Waals surface area contributed by atoms with Crippen LogP contribution in [0.15, 0.2) is 18.5 Å². The van der Waals surface area contributed by atoms with E-state index >= 15 is 0 Å². The first-order valence-corrected chi connectivity index (χ1v) is 8.04. The van der Waals surface area contributed by atoms with Gasteiger partial charge in [-0.2, -0.15) is 5.10 Å². The van der Waals surface area contributed by atoms with E-state index in [1.807, 2.05) is 18.0 Å². The fraction of sp³-hybridized carbons (Fsp3) is 0.500. The Morgan fingerprint density at radius 3 is 2.83 bits per heavy atom. The number of piperidine rings is 1. The van der Waals surface area contributed by atoms with Crippen molar-refractivity contribution in [3.63, 3.8) is 0 Å². The number of amides is 2. The van der Waals surface area contributed by atoms with Gasteiger partial charge in [0, 0.05) is 32.9 Å². The van der Waals surface area contributed by atoms with Crippen molar-refractivity contribution in [2.24, 2.45) is 7.05 Å². The van der Waals surface area contributed by atoms with Crippen LogP contribution in [0.5, 0.6) is 0 Å². The third-order valence-corrected chi connectivity index (χ3v) is 4.93. The molecule has 126 valence electrons. The van der Waals surface area contributed by atoms with Gasteiger partial charge < -0.3 is 15.0 Å². The molecule has 0 saturated carbocycles. The normalized spacial score (nSPS) is 20.4. The zero-order chi connectivity index (χ0) is 16.7. The van der Waals surface area contributed by atoms with Gasteiger partial charge in [-0.1, -0.05) is 0 Å². The molecule has 2 aliphatic heterocycles. The highest BCUT2D eigenvalue weighted by Gasteiger charge is 2.40. The van der Waals surface area contributed by atoms with E-state index in [9.17, 15) is 9.59 Å². The van der Waals surface area contributed by atoms with Gasteiger partial charge in [-0.3, -0.25) is 19.3 Å². The standard InChI is InChI=1S/C16H19N5O3/c1-20-13-6-11(7-17-12(13)8-19-20)15(23)21-4-2-16(3-5-21)10-18-14(22)9-24-16/h6-8H,2-5,9-10H2,1H3,(H,18,22). The first kappa shape index (κ1) is 15.1. The van der Waals surface area contributed by atoms with Crippen LogP contribution in [-0.2, 0) is 16.6 Å². The van der Waals surface area contributed by atoms with Gasteiger partial charge in [0.2, 0.25) is 5.91 Å². The number of ether oxygens (including phenoxy) is 1. The fourth-order valence-electron chi connectivity index (χ4n) is 3.34. The Labute approximate surface area is 138 Å². The molecule has 2 amide bonds. The Bertz CT molecular complexity index is 795. The second-order valence-corrected chi connectivity index (χ2v) is 6.44.